The lowest BCUT2D eigenvalue weighted by atomic mass is 9.87. The average Bonchev–Trinajstić information content (AvgIpc) is 3.33. The van der Waals surface area contributed by atoms with E-state index in [4.69, 9.17) is 9.47 Å². The minimum absolute atomic E-state index is 0.00806. The first-order chi connectivity index (χ1) is 17.8. The van der Waals surface area contributed by atoms with E-state index in [1.54, 1.807) is 14.2 Å². The Balaban J connectivity index is 1.61. The van der Waals surface area contributed by atoms with Crippen LogP contribution in [0.15, 0.2) is 72.8 Å². The van der Waals surface area contributed by atoms with Gasteiger partial charge in [0, 0.05) is 29.8 Å². The maximum Gasteiger partial charge on any atom is 0.281 e. The van der Waals surface area contributed by atoms with Crippen molar-refractivity contribution in [2.24, 2.45) is 0 Å². The van der Waals surface area contributed by atoms with Crippen LogP contribution in [0.2, 0.25) is 0 Å². The summed E-state index contributed by atoms with van der Waals surface area (Å²) in [5.41, 5.74) is 3.55. The molecule has 1 heterocycles. The third-order valence-corrected chi connectivity index (χ3v) is 6.06. The number of carbonyl (C=O) groups excluding carboxylic acids is 1. The highest BCUT2D eigenvalue weighted by Crippen LogP contribution is 2.24. The zero-order valence-electron chi connectivity index (χ0n) is 21.9. The van der Waals surface area contributed by atoms with E-state index in [1.165, 1.54) is 4.68 Å². The number of hydrogen-bond acceptors (Lipinski definition) is 7. The highest BCUT2D eigenvalue weighted by Gasteiger charge is 2.20. The maximum atomic E-state index is 13.5. The van der Waals surface area contributed by atoms with E-state index in [1.807, 2.05) is 72.8 Å². The van der Waals surface area contributed by atoms with Gasteiger partial charge < -0.3 is 20.1 Å². The van der Waals surface area contributed by atoms with Crippen LogP contribution in [0.1, 0.15) is 47.8 Å². The van der Waals surface area contributed by atoms with Crippen molar-refractivity contribution in [1.82, 2.24) is 14.8 Å². The monoisotopic (exact) mass is 499 g/mol. The Bertz CT molecular complexity index is 1360. The smallest absolute Gasteiger partial charge is 0.281 e. The lowest BCUT2D eigenvalue weighted by molar-refractivity contribution is 0.0947. The molecule has 0 atom stereocenters. The topological polar surface area (TPSA) is 90.3 Å². The molecule has 0 saturated heterocycles. The quantitative estimate of drug-likeness (QED) is 0.314. The van der Waals surface area contributed by atoms with Crippen LogP contribution in [0, 0.1) is 0 Å². The van der Waals surface area contributed by atoms with E-state index in [2.05, 4.69) is 41.5 Å². The molecule has 2 N–H and O–H groups in total. The van der Waals surface area contributed by atoms with Crippen LogP contribution in [-0.4, -0.2) is 34.9 Å². The maximum absolute atomic E-state index is 13.5. The van der Waals surface area contributed by atoms with Gasteiger partial charge in [0.15, 0.2) is 0 Å². The Kier molecular flexibility index (Phi) is 7.77. The molecular formula is C29H33N5O3. The molecular weight excluding hydrogens is 466 g/mol. The SMILES string of the molecule is COc1ccccc1CNc1nc(NCc2ccccc2OC)n(C(=O)c2ccc(C(C)(C)C)cc2)n1. The Morgan fingerprint density at radius 1 is 0.811 bits per heavy atom. The number of aromatic nitrogens is 3. The third-order valence-electron chi connectivity index (χ3n) is 6.06. The molecule has 8 nitrogen and oxygen atoms in total. The number of rotatable bonds is 9. The molecule has 0 fully saturated rings. The van der Waals surface area contributed by atoms with Crippen LogP contribution in [0.5, 0.6) is 11.5 Å². The number of nitrogens with one attached hydrogen (secondary N) is 2. The largest absolute Gasteiger partial charge is 0.496 e. The zero-order valence-corrected chi connectivity index (χ0v) is 21.9. The van der Waals surface area contributed by atoms with E-state index in [9.17, 15) is 4.79 Å². The molecule has 192 valence electrons. The second-order valence-corrected chi connectivity index (χ2v) is 9.63. The molecule has 0 radical (unpaired) electrons. The molecule has 0 bridgehead atoms. The predicted octanol–water partition coefficient (Wildman–Crippen LogP) is 5.51. The van der Waals surface area contributed by atoms with E-state index in [-0.39, 0.29) is 11.3 Å². The van der Waals surface area contributed by atoms with Gasteiger partial charge in [-0.3, -0.25) is 4.79 Å². The zero-order chi connectivity index (χ0) is 26.4. The van der Waals surface area contributed by atoms with Crippen LogP contribution in [-0.2, 0) is 18.5 Å². The molecule has 0 amide bonds. The molecule has 0 spiro atoms. The van der Waals surface area contributed by atoms with Gasteiger partial charge in [-0.25, -0.2) is 0 Å². The minimum atomic E-state index is -0.277. The first-order valence-corrected chi connectivity index (χ1v) is 12.1. The van der Waals surface area contributed by atoms with Gasteiger partial charge >= 0.3 is 0 Å². The van der Waals surface area contributed by atoms with Crippen molar-refractivity contribution in [3.63, 3.8) is 0 Å². The van der Waals surface area contributed by atoms with Crippen molar-refractivity contribution < 1.29 is 14.3 Å². The summed E-state index contributed by atoms with van der Waals surface area (Å²) in [6.07, 6.45) is 0. The second-order valence-electron chi connectivity index (χ2n) is 9.63. The van der Waals surface area contributed by atoms with Gasteiger partial charge in [-0.15, -0.1) is 5.10 Å². The van der Waals surface area contributed by atoms with Gasteiger partial charge in [0.1, 0.15) is 11.5 Å². The number of carbonyl (C=O) groups is 1. The summed E-state index contributed by atoms with van der Waals surface area (Å²) in [5.74, 6) is 1.89. The summed E-state index contributed by atoms with van der Waals surface area (Å²) in [7, 11) is 3.27. The summed E-state index contributed by atoms with van der Waals surface area (Å²) in [6, 6.07) is 23.0. The van der Waals surface area contributed by atoms with Gasteiger partial charge in [-0.2, -0.15) is 9.67 Å². The van der Waals surface area contributed by atoms with Crippen molar-refractivity contribution >= 4 is 17.8 Å². The number of hydrogen-bond donors (Lipinski definition) is 2. The lowest BCUT2D eigenvalue weighted by Gasteiger charge is -2.19. The van der Waals surface area contributed by atoms with Crippen LogP contribution >= 0.6 is 0 Å². The summed E-state index contributed by atoms with van der Waals surface area (Å²) in [6.45, 7) is 7.27. The number of ether oxygens (including phenoxy) is 2. The van der Waals surface area contributed by atoms with Crippen LogP contribution in [0.3, 0.4) is 0 Å². The second kappa shape index (κ2) is 11.2. The molecule has 1 aromatic heterocycles. The molecule has 0 unspecified atom stereocenters. The van der Waals surface area contributed by atoms with Crippen LogP contribution in [0.4, 0.5) is 11.9 Å². The fourth-order valence-electron chi connectivity index (χ4n) is 3.92. The average molecular weight is 500 g/mol. The predicted molar refractivity (Wildman–Crippen MR) is 146 cm³/mol. The molecule has 37 heavy (non-hydrogen) atoms. The van der Waals surface area contributed by atoms with E-state index < -0.39 is 0 Å². The number of benzene rings is 3. The first-order valence-electron chi connectivity index (χ1n) is 12.1. The highest BCUT2D eigenvalue weighted by atomic mass is 16.5. The summed E-state index contributed by atoms with van der Waals surface area (Å²) >= 11 is 0. The third kappa shape index (κ3) is 6.09. The molecule has 0 aliphatic carbocycles. The Morgan fingerprint density at radius 2 is 1.35 bits per heavy atom. The van der Waals surface area contributed by atoms with Crippen molar-refractivity contribution in [2.75, 3.05) is 24.9 Å². The van der Waals surface area contributed by atoms with Crippen LogP contribution < -0.4 is 20.1 Å². The van der Waals surface area contributed by atoms with Gasteiger partial charge in [0.05, 0.1) is 14.2 Å². The van der Waals surface area contributed by atoms with E-state index >= 15 is 0 Å². The molecule has 3 aromatic carbocycles. The number of nitrogens with zero attached hydrogens (tertiary/aromatic N) is 3. The fourth-order valence-corrected chi connectivity index (χ4v) is 3.92. The van der Waals surface area contributed by atoms with Gasteiger partial charge in [-0.05, 0) is 35.2 Å². The van der Waals surface area contributed by atoms with Crippen molar-refractivity contribution in [3.8, 4) is 11.5 Å². The molecule has 4 aromatic rings. The number of methoxy groups -OCH3 is 2. The molecule has 4 rings (SSSR count). The standard InChI is InChI=1S/C29H33N5O3/c1-29(2,3)23-16-14-20(15-17-23)26(35)34-28(31-19-22-11-7-9-13-25(22)37-5)32-27(33-34)30-18-21-10-6-8-12-24(21)36-4/h6-17H,18-19H2,1-5H3,(H2,30,31,32,33). The summed E-state index contributed by atoms with van der Waals surface area (Å²) < 4.78 is 12.2. The lowest BCUT2D eigenvalue weighted by Crippen LogP contribution is -2.18. The highest BCUT2D eigenvalue weighted by molar-refractivity contribution is 5.97. The van der Waals surface area contributed by atoms with Gasteiger partial charge in [0.2, 0.25) is 11.9 Å². The molecule has 8 heteroatoms. The number of anilines is 2. The summed E-state index contributed by atoms with van der Waals surface area (Å²) in [5, 5.41) is 11.0. The Labute approximate surface area is 217 Å². The van der Waals surface area contributed by atoms with Crippen molar-refractivity contribution in [1.29, 1.82) is 0 Å². The number of para-hydroxylation sites is 2. The Hall–Kier alpha value is -4.33. The van der Waals surface area contributed by atoms with Crippen molar-refractivity contribution in [3.05, 3.63) is 95.1 Å². The molecule has 0 aliphatic rings. The summed E-state index contributed by atoms with van der Waals surface area (Å²) in [4.78, 5) is 18.1. The van der Waals surface area contributed by atoms with E-state index in [0.29, 0.717) is 30.5 Å². The van der Waals surface area contributed by atoms with Gasteiger partial charge in [0.25, 0.3) is 5.91 Å². The minimum Gasteiger partial charge on any atom is -0.496 e. The Morgan fingerprint density at radius 3 is 1.89 bits per heavy atom. The molecule has 0 aliphatic heterocycles. The van der Waals surface area contributed by atoms with Gasteiger partial charge in [-0.1, -0.05) is 69.3 Å². The normalized spacial score (nSPS) is 11.2. The van der Waals surface area contributed by atoms with E-state index in [0.717, 1.165) is 28.2 Å². The molecule has 0 saturated carbocycles. The first kappa shape index (κ1) is 25.8. The fraction of sp³-hybridized carbons (Fsp3) is 0.276. The van der Waals surface area contributed by atoms with Crippen LogP contribution in [0.25, 0.3) is 0 Å². The van der Waals surface area contributed by atoms with Crippen molar-refractivity contribution in [2.45, 2.75) is 39.3 Å².